The summed E-state index contributed by atoms with van der Waals surface area (Å²) >= 11 is 0. The number of aryl methyl sites for hydroxylation is 1. The monoisotopic (exact) mass is 326 g/mol. The van der Waals surface area contributed by atoms with Crippen LogP contribution in [0.15, 0.2) is 30.5 Å². The molecule has 1 aromatic heterocycles. The van der Waals surface area contributed by atoms with Crippen molar-refractivity contribution in [1.29, 1.82) is 0 Å². The Hall–Kier alpha value is -2.63. The molecule has 6 nitrogen and oxygen atoms in total. The van der Waals surface area contributed by atoms with Crippen molar-refractivity contribution in [3.05, 3.63) is 47.3 Å². The molecule has 0 radical (unpaired) electrons. The van der Waals surface area contributed by atoms with Gasteiger partial charge in [0, 0.05) is 13.1 Å². The number of piperidine rings is 1. The first-order chi connectivity index (χ1) is 11.5. The van der Waals surface area contributed by atoms with Crippen LogP contribution >= 0.6 is 0 Å². The summed E-state index contributed by atoms with van der Waals surface area (Å²) in [5.74, 6) is -0.674. The molecule has 0 aliphatic carbocycles. The number of carbonyl (C=O) groups is 2. The van der Waals surface area contributed by atoms with E-state index in [0.29, 0.717) is 18.7 Å². The number of carbonyl (C=O) groups excluding carboxylic acids is 2. The lowest BCUT2D eigenvalue weighted by Crippen LogP contribution is -2.44. The first kappa shape index (κ1) is 16.2. The molecule has 0 bridgehead atoms. The fourth-order valence-corrected chi connectivity index (χ4v) is 3.23. The zero-order valence-corrected chi connectivity index (χ0v) is 14.0. The highest BCUT2D eigenvalue weighted by Crippen LogP contribution is 2.22. The summed E-state index contributed by atoms with van der Waals surface area (Å²) in [6, 6.07) is 7.92. The maximum Gasteiger partial charge on any atom is 0.257 e. The van der Waals surface area contributed by atoms with E-state index in [9.17, 15) is 9.59 Å². The number of amides is 2. The zero-order valence-electron chi connectivity index (χ0n) is 14.0. The van der Waals surface area contributed by atoms with Gasteiger partial charge >= 0.3 is 0 Å². The van der Waals surface area contributed by atoms with Crippen molar-refractivity contribution in [3.8, 4) is 5.69 Å². The van der Waals surface area contributed by atoms with Crippen LogP contribution in [0, 0.1) is 19.8 Å². The molecule has 1 aliphatic rings. The topological polar surface area (TPSA) is 81.2 Å². The van der Waals surface area contributed by atoms with Crippen molar-refractivity contribution in [2.24, 2.45) is 11.7 Å². The van der Waals surface area contributed by atoms with Gasteiger partial charge in [-0.25, -0.2) is 4.68 Å². The molecule has 1 atom stereocenters. The molecule has 2 heterocycles. The lowest BCUT2D eigenvalue weighted by atomic mass is 9.97. The Bertz CT molecular complexity index is 781. The van der Waals surface area contributed by atoms with Crippen LogP contribution in [0.2, 0.25) is 0 Å². The van der Waals surface area contributed by atoms with Crippen molar-refractivity contribution < 1.29 is 9.59 Å². The fraction of sp³-hybridized carbons (Fsp3) is 0.389. The minimum atomic E-state index is -0.333. The van der Waals surface area contributed by atoms with Gasteiger partial charge in [0.2, 0.25) is 5.91 Å². The minimum absolute atomic E-state index is 0.0849. The van der Waals surface area contributed by atoms with E-state index in [-0.39, 0.29) is 17.7 Å². The summed E-state index contributed by atoms with van der Waals surface area (Å²) in [5, 5.41) is 4.39. The van der Waals surface area contributed by atoms with Crippen LogP contribution in [0.25, 0.3) is 5.69 Å². The Morgan fingerprint density at radius 1 is 1.25 bits per heavy atom. The molecular weight excluding hydrogens is 304 g/mol. The van der Waals surface area contributed by atoms with Gasteiger partial charge in [-0.1, -0.05) is 18.2 Å². The summed E-state index contributed by atoms with van der Waals surface area (Å²) in [6.45, 7) is 4.95. The zero-order chi connectivity index (χ0) is 17.3. The van der Waals surface area contributed by atoms with Gasteiger partial charge in [0.05, 0.1) is 29.1 Å². The third-order valence-electron chi connectivity index (χ3n) is 4.69. The van der Waals surface area contributed by atoms with Gasteiger partial charge in [-0.05, 0) is 38.3 Å². The first-order valence-electron chi connectivity index (χ1n) is 8.18. The molecule has 126 valence electrons. The molecule has 1 fully saturated rings. The van der Waals surface area contributed by atoms with Crippen LogP contribution in [0.3, 0.4) is 0 Å². The van der Waals surface area contributed by atoms with E-state index in [4.69, 9.17) is 5.73 Å². The second-order valence-electron chi connectivity index (χ2n) is 6.33. The molecule has 24 heavy (non-hydrogen) atoms. The molecule has 1 aliphatic heterocycles. The number of hydrogen-bond acceptors (Lipinski definition) is 3. The molecule has 1 aromatic carbocycles. The molecule has 2 N–H and O–H groups in total. The van der Waals surface area contributed by atoms with Gasteiger partial charge in [0.1, 0.15) is 0 Å². The van der Waals surface area contributed by atoms with E-state index in [0.717, 1.165) is 29.8 Å². The predicted octanol–water partition coefficient (Wildman–Crippen LogP) is 1.83. The Labute approximate surface area is 141 Å². The van der Waals surface area contributed by atoms with Crippen LogP contribution in [0.5, 0.6) is 0 Å². The highest BCUT2D eigenvalue weighted by molar-refractivity contribution is 5.95. The highest BCUT2D eigenvalue weighted by atomic mass is 16.2. The van der Waals surface area contributed by atoms with E-state index >= 15 is 0 Å². The van der Waals surface area contributed by atoms with E-state index in [1.165, 1.54) is 0 Å². The first-order valence-corrected chi connectivity index (χ1v) is 8.18. The van der Waals surface area contributed by atoms with E-state index < -0.39 is 0 Å². The number of benzene rings is 1. The number of aromatic nitrogens is 2. The van der Waals surface area contributed by atoms with Crippen molar-refractivity contribution in [3.63, 3.8) is 0 Å². The minimum Gasteiger partial charge on any atom is -0.369 e. The third kappa shape index (κ3) is 2.91. The fourth-order valence-electron chi connectivity index (χ4n) is 3.23. The summed E-state index contributed by atoms with van der Waals surface area (Å²) in [5.41, 5.74) is 8.83. The van der Waals surface area contributed by atoms with Crippen molar-refractivity contribution >= 4 is 11.8 Å². The van der Waals surface area contributed by atoms with E-state index in [1.807, 2.05) is 38.1 Å². The standard InChI is InChI=1S/C18H22N4O2/c1-12-6-3-4-8-16(12)22-13(2)15(10-20-22)18(24)21-9-5-7-14(11-21)17(19)23/h3-4,6,8,10,14H,5,7,9,11H2,1-2H3,(H2,19,23)/t14-/m0/s1. The molecule has 1 saturated heterocycles. The van der Waals surface area contributed by atoms with E-state index in [1.54, 1.807) is 15.8 Å². The van der Waals surface area contributed by atoms with Crippen LogP contribution in [0.1, 0.15) is 34.5 Å². The number of primary amides is 1. The maximum atomic E-state index is 12.8. The van der Waals surface area contributed by atoms with Gasteiger partial charge in [0.15, 0.2) is 0 Å². The highest BCUT2D eigenvalue weighted by Gasteiger charge is 2.29. The van der Waals surface area contributed by atoms with Crippen molar-refractivity contribution in [1.82, 2.24) is 14.7 Å². The summed E-state index contributed by atoms with van der Waals surface area (Å²) in [4.78, 5) is 26.0. The molecule has 3 rings (SSSR count). The van der Waals surface area contributed by atoms with E-state index in [2.05, 4.69) is 5.10 Å². The van der Waals surface area contributed by atoms with Gasteiger partial charge < -0.3 is 10.6 Å². The Balaban J connectivity index is 1.87. The molecule has 0 spiro atoms. The molecule has 6 heteroatoms. The Kier molecular flexibility index (Phi) is 4.38. The molecule has 2 amide bonds. The second kappa shape index (κ2) is 6.47. The Morgan fingerprint density at radius 3 is 2.71 bits per heavy atom. The summed E-state index contributed by atoms with van der Waals surface area (Å²) < 4.78 is 1.79. The Morgan fingerprint density at radius 2 is 2.00 bits per heavy atom. The molecule has 2 aromatic rings. The van der Waals surface area contributed by atoms with Gasteiger partial charge in [0.25, 0.3) is 5.91 Å². The van der Waals surface area contributed by atoms with Crippen LogP contribution in [0.4, 0.5) is 0 Å². The van der Waals surface area contributed by atoms with Gasteiger partial charge in [-0.3, -0.25) is 9.59 Å². The number of hydrogen-bond donors (Lipinski definition) is 1. The third-order valence-corrected chi connectivity index (χ3v) is 4.69. The van der Waals surface area contributed by atoms with Gasteiger partial charge in [-0.2, -0.15) is 5.10 Å². The van der Waals surface area contributed by atoms with Crippen molar-refractivity contribution in [2.75, 3.05) is 13.1 Å². The number of likely N-dealkylation sites (tertiary alicyclic amines) is 1. The average molecular weight is 326 g/mol. The largest absolute Gasteiger partial charge is 0.369 e. The predicted molar refractivity (Wildman–Crippen MR) is 90.9 cm³/mol. The smallest absolute Gasteiger partial charge is 0.257 e. The van der Waals surface area contributed by atoms with Crippen molar-refractivity contribution in [2.45, 2.75) is 26.7 Å². The second-order valence-corrected chi connectivity index (χ2v) is 6.33. The lowest BCUT2D eigenvalue weighted by molar-refractivity contribution is -0.123. The normalized spacial score (nSPS) is 17.8. The average Bonchev–Trinajstić information content (AvgIpc) is 2.96. The number of nitrogens with zero attached hydrogens (tertiary/aromatic N) is 3. The number of para-hydroxylation sites is 1. The van der Waals surface area contributed by atoms with Crippen LogP contribution < -0.4 is 5.73 Å². The molecule has 0 saturated carbocycles. The SMILES string of the molecule is Cc1ccccc1-n1ncc(C(=O)N2CCC[C@H](C(N)=O)C2)c1C. The lowest BCUT2D eigenvalue weighted by Gasteiger charge is -2.31. The quantitative estimate of drug-likeness (QED) is 0.934. The van der Waals surface area contributed by atoms with Crippen LogP contribution in [-0.2, 0) is 4.79 Å². The van der Waals surface area contributed by atoms with Gasteiger partial charge in [-0.15, -0.1) is 0 Å². The summed E-state index contributed by atoms with van der Waals surface area (Å²) in [7, 11) is 0. The van der Waals surface area contributed by atoms with Crippen LogP contribution in [-0.4, -0.2) is 39.6 Å². The number of rotatable bonds is 3. The molecule has 0 unspecified atom stereocenters. The summed E-state index contributed by atoms with van der Waals surface area (Å²) in [6.07, 6.45) is 3.16. The maximum absolute atomic E-state index is 12.8. The number of nitrogens with two attached hydrogens (primary N) is 1. The molecular formula is C18H22N4O2.